The molecule has 2 N–H and O–H groups in total. The second kappa shape index (κ2) is 8.27. The lowest BCUT2D eigenvalue weighted by atomic mass is 9.98. The number of likely N-dealkylation sites (tertiary alicyclic amines) is 1. The van der Waals surface area contributed by atoms with Crippen LogP contribution in [0.15, 0.2) is 53.3 Å². The summed E-state index contributed by atoms with van der Waals surface area (Å²) in [5.41, 5.74) is 1.77. The average Bonchev–Trinajstić information content (AvgIpc) is 3.55. The molecule has 1 atom stereocenters. The first-order chi connectivity index (χ1) is 16.4. The molecule has 5 rings (SSSR count). The molecule has 0 bridgehead atoms. The van der Waals surface area contributed by atoms with Gasteiger partial charge in [0, 0.05) is 50.5 Å². The highest BCUT2D eigenvalue weighted by molar-refractivity contribution is 5.87. The summed E-state index contributed by atoms with van der Waals surface area (Å²) >= 11 is 0. The van der Waals surface area contributed by atoms with E-state index < -0.39 is 11.5 Å². The molecule has 4 heterocycles. The fourth-order valence-electron chi connectivity index (χ4n) is 3.93. The first-order valence-electron chi connectivity index (χ1n) is 10.6. The molecule has 3 aromatic heterocycles. The predicted octanol–water partition coefficient (Wildman–Crippen LogP) is 2.33. The number of carbonyl (C=O) groups is 1. The normalized spacial score (nSPS) is 17.9. The van der Waals surface area contributed by atoms with Crippen molar-refractivity contribution in [3.63, 3.8) is 0 Å². The number of amides is 1. The van der Waals surface area contributed by atoms with E-state index in [0.717, 1.165) is 11.1 Å². The van der Waals surface area contributed by atoms with Gasteiger partial charge in [0.25, 0.3) is 11.8 Å². The Hall–Kier alpha value is -4.25. The van der Waals surface area contributed by atoms with Crippen LogP contribution in [0.2, 0.25) is 0 Å². The summed E-state index contributed by atoms with van der Waals surface area (Å²) in [6, 6.07) is 11.0. The number of ether oxygens (including phenoxy) is 1. The molecule has 1 aromatic carbocycles. The monoisotopic (exact) mass is 461 g/mol. The van der Waals surface area contributed by atoms with E-state index in [-0.39, 0.29) is 12.2 Å². The maximum Gasteiger partial charge on any atom is 0.262 e. The van der Waals surface area contributed by atoms with Crippen molar-refractivity contribution in [1.82, 2.24) is 29.8 Å². The van der Waals surface area contributed by atoms with Gasteiger partial charge in [-0.2, -0.15) is 0 Å². The number of hydrogen-bond donors (Lipinski definition) is 2. The molecule has 1 amide bonds. The maximum atomic E-state index is 12.4. The maximum absolute atomic E-state index is 12.4. The quantitative estimate of drug-likeness (QED) is 0.444. The van der Waals surface area contributed by atoms with Crippen LogP contribution >= 0.6 is 0 Å². The van der Waals surface area contributed by atoms with Crippen LogP contribution in [0.25, 0.3) is 22.5 Å². The molecule has 34 heavy (non-hydrogen) atoms. The van der Waals surface area contributed by atoms with E-state index in [1.54, 1.807) is 50.4 Å². The van der Waals surface area contributed by atoms with Crippen LogP contribution in [0.4, 0.5) is 11.6 Å². The summed E-state index contributed by atoms with van der Waals surface area (Å²) in [6.07, 6.45) is 3.69. The zero-order chi connectivity index (χ0) is 23.9. The number of nitrogens with zero attached hydrogens (tertiary/aromatic N) is 6. The minimum absolute atomic E-state index is 0.140. The zero-order valence-corrected chi connectivity index (χ0v) is 18.9. The standard InChI is InChI=1S/C23H23N7O4/c1-29-10-8-23(32,21(29)31)19-12-17(28-34-19)15-6-4-5-14(11-15)16-7-9-24-22(25-16)26-18-13-30(2)27-20(18)33-3/h4-7,9,11-13,32H,8,10H2,1-3H3,(H,24,25,26)/t23-/m1/s1. The largest absolute Gasteiger partial charge is 0.478 e. The van der Waals surface area contributed by atoms with Crippen LogP contribution in [-0.4, -0.2) is 61.5 Å². The molecular weight excluding hydrogens is 438 g/mol. The number of rotatable bonds is 6. The lowest BCUT2D eigenvalue weighted by Gasteiger charge is -2.16. The van der Waals surface area contributed by atoms with Crippen molar-refractivity contribution in [2.24, 2.45) is 7.05 Å². The van der Waals surface area contributed by atoms with Crippen LogP contribution in [0.3, 0.4) is 0 Å². The third-order valence-electron chi connectivity index (χ3n) is 5.77. The average molecular weight is 461 g/mol. The van der Waals surface area contributed by atoms with Crippen LogP contribution in [0, 0.1) is 0 Å². The minimum Gasteiger partial charge on any atom is -0.478 e. The van der Waals surface area contributed by atoms with Crippen LogP contribution < -0.4 is 10.1 Å². The first-order valence-corrected chi connectivity index (χ1v) is 10.6. The fourth-order valence-corrected chi connectivity index (χ4v) is 3.93. The van der Waals surface area contributed by atoms with Crippen LogP contribution in [0.5, 0.6) is 5.88 Å². The molecule has 1 fully saturated rings. The Kier molecular flexibility index (Phi) is 5.25. The zero-order valence-electron chi connectivity index (χ0n) is 18.9. The van der Waals surface area contributed by atoms with Crippen molar-refractivity contribution in [3.05, 3.63) is 54.6 Å². The van der Waals surface area contributed by atoms with Gasteiger partial charge in [-0.3, -0.25) is 9.48 Å². The number of anilines is 2. The van der Waals surface area contributed by atoms with Crippen molar-refractivity contribution < 1.29 is 19.2 Å². The molecule has 11 nitrogen and oxygen atoms in total. The fraction of sp³-hybridized carbons (Fsp3) is 0.261. The number of aromatic nitrogens is 5. The number of benzene rings is 1. The summed E-state index contributed by atoms with van der Waals surface area (Å²) in [7, 11) is 4.99. The van der Waals surface area contributed by atoms with Gasteiger partial charge in [-0.15, -0.1) is 5.10 Å². The Balaban J connectivity index is 1.42. The molecule has 174 valence electrons. The molecule has 11 heteroatoms. The Morgan fingerprint density at radius 1 is 1.18 bits per heavy atom. The van der Waals surface area contributed by atoms with Gasteiger partial charge in [0.05, 0.1) is 19.0 Å². The molecule has 4 aromatic rings. The van der Waals surface area contributed by atoms with Crippen molar-refractivity contribution in [2.45, 2.75) is 12.0 Å². The Morgan fingerprint density at radius 3 is 2.71 bits per heavy atom. The highest BCUT2D eigenvalue weighted by Gasteiger charge is 2.48. The smallest absolute Gasteiger partial charge is 0.262 e. The SMILES string of the molecule is COc1nn(C)cc1Nc1nccc(-c2cccc(-c3cc([C@]4(O)CCN(C)C4=O)on3)c2)n1. The van der Waals surface area contributed by atoms with Gasteiger partial charge in [-0.05, 0) is 12.1 Å². The number of aryl methyl sites for hydroxylation is 1. The summed E-state index contributed by atoms with van der Waals surface area (Å²) < 4.78 is 12.3. The molecule has 0 radical (unpaired) electrons. The van der Waals surface area contributed by atoms with Crippen LogP contribution in [0.1, 0.15) is 12.2 Å². The first kappa shape index (κ1) is 21.6. The molecule has 1 aliphatic heterocycles. The summed E-state index contributed by atoms with van der Waals surface area (Å²) in [5.74, 6) is 0.578. The van der Waals surface area contributed by atoms with Gasteiger partial charge in [-0.1, -0.05) is 23.4 Å². The van der Waals surface area contributed by atoms with Crippen molar-refractivity contribution in [2.75, 3.05) is 26.0 Å². The topological polar surface area (TPSA) is 131 Å². The van der Waals surface area contributed by atoms with Crippen LogP contribution in [-0.2, 0) is 17.4 Å². The molecular formula is C23H23N7O4. The summed E-state index contributed by atoms with van der Waals surface area (Å²) in [4.78, 5) is 22.7. The van der Waals surface area contributed by atoms with Gasteiger partial charge >= 0.3 is 0 Å². The minimum atomic E-state index is -1.68. The number of likely N-dealkylation sites (N-methyl/N-ethyl adjacent to an activating group) is 1. The molecule has 0 saturated carbocycles. The number of hydrogen-bond acceptors (Lipinski definition) is 9. The molecule has 1 saturated heterocycles. The van der Waals surface area contributed by atoms with E-state index in [9.17, 15) is 9.90 Å². The van der Waals surface area contributed by atoms with E-state index >= 15 is 0 Å². The number of aliphatic hydroxyl groups is 1. The molecule has 1 aliphatic rings. The van der Waals surface area contributed by atoms with Gasteiger partial charge in [-0.25, -0.2) is 9.97 Å². The lowest BCUT2D eigenvalue weighted by Crippen LogP contribution is -2.35. The molecule has 0 unspecified atom stereocenters. The second-order valence-corrected chi connectivity index (χ2v) is 8.11. The Bertz CT molecular complexity index is 1360. The lowest BCUT2D eigenvalue weighted by molar-refractivity contribution is -0.144. The van der Waals surface area contributed by atoms with E-state index in [4.69, 9.17) is 9.26 Å². The molecule has 0 spiro atoms. The molecule has 0 aliphatic carbocycles. The van der Waals surface area contributed by atoms with Crippen molar-refractivity contribution in [3.8, 4) is 28.4 Å². The van der Waals surface area contributed by atoms with Gasteiger partial charge in [0.15, 0.2) is 5.76 Å². The Labute approximate surface area is 195 Å². The van der Waals surface area contributed by atoms with E-state index in [0.29, 0.717) is 35.4 Å². The number of nitrogens with one attached hydrogen (secondary N) is 1. The second-order valence-electron chi connectivity index (χ2n) is 8.11. The van der Waals surface area contributed by atoms with E-state index in [2.05, 4.69) is 25.5 Å². The highest BCUT2D eigenvalue weighted by Crippen LogP contribution is 2.35. The predicted molar refractivity (Wildman–Crippen MR) is 122 cm³/mol. The van der Waals surface area contributed by atoms with E-state index in [1.165, 1.54) is 4.90 Å². The highest BCUT2D eigenvalue weighted by atomic mass is 16.5. The van der Waals surface area contributed by atoms with E-state index in [1.807, 2.05) is 24.3 Å². The van der Waals surface area contributed by atoms with Crippen molar-refractivity contribution in [1.29, 1.82) is 0 Å². The summed E-state index contributed by atoms with van der Waals surface area (Å²) in [5, 5.41) is 22.3. The number of methoxy groups -OCH3 is 1. The van der Waals surface area contributed by atoms with Gasteiger partial charge in [0.1, 0.15) is 11.4 Å². The van der Waals surface area contributed by atoms with Gasteiger partial charge < -0.3 is 24.6 Å². The Morgan fingerprint density at radius 2 is 1.97 bits per heavy atom. The summed E-state index contributed by atoms with van der Waals surface area (Å²) in [6.45, 7) is 0.454. The van der Waals surface area contributed by atoms with Gasteiger partial charge in [0.2, 0.25) is 11.5 Å². The third-order valence-corrected chi connectivity index (χ3v) is 5.77. The van der Waals surface area contributed by atoms with Crippen molar-refractivity contribution >= 4 is 17.5 Å². The number of carbonyl (C=O) groups excluding carboxylic acids is 1. The third kappa shape index (κ3) is 3.75.